The zero-order valence-electron chi connectivity index (χ0n) is 11.3. The van der Waals surface area contributed by atoms with Gasteiger partial charge in [-0.3, -0.25) is 4.79 Å². The number of alkyl halides is 1. The van der Waals surface area contributed by atoms with Crippen molar-refractivity contribution in [3.63, 3.8) is 0 Å². The number of carbonyl (C=O) groups excluding carboxylic acids is 1. The highest BCUT2D eigenvalue weighted by Gasteiger charge is 2.10. The number of hydrogen-bond acceptors (Lipinski definition) is 3. The summed E-state index contributed by atoms with van der Waals surface area (Å²) in [5, 5.41) is 3.49. The minimum atomic E-state index is -0.110. The second-order valence-electron chi connectivity index (χ2n) is 4.05. The molecule has 0 aliphatic carbocycles. The summed E-state index contributed by atoms with van der Waals surface area (Å²) in [4.78, 5) is 11.3. The van der Waals surface area contributed by atoms with E-state index in [1.165, 1.54) is 0 Å². The fraction of sp³-hybridized carbons (Fsp3) is 0.500. The van der Waals surface area contributed by atoms with Crippen molar-refractivity contribution < 1.29 is 14.3 Å². The van der Waals surface area contributed by atoms with Crippen LogP contribution in [0.1, 0.15) is 20.3 Å². The molecule has 0 fully saturated rings. The first kappa shape index (κ1) is 15.8. The van der Waals surface area contributed by atoms with Crippen LogP contribution in [0.15, 0.2) is 24.3 Å². The van der Waals surface area contributed by atoms with Crippen LogP contribution in [0.2, 0.25) is 0 Å². The third kappa shape index (κ3) is 5.96. The van der Waals surface area contributed by atoms with Crippen molar-refractivity contribution in [1.29, 1.82) is 0 Å². The van der Waals surface area contributed by atoms with Crippen LogP contribution in [0.5, 0.6) is 11.5 Å². The third-order valence-electron chi connectivity index (χ3n) is 2.39. The van der Waals surface area contributed by atoms with Gasteiger partial charge in [0.1, 0.15) is 6.10 Å². The van der Waals surface area contributed by atoms with Crippen LogP contribution < -0.4 is 14.8 Å². The Labute approximate surface area is 122 Å². The van der Waals surface area contributed by atoms with Crippen LogP contribution in [0.4, 0.5) is 0 Å². The molecule has 0 saturated heterocycles. The minimum Gasteiger partial charge on any atom is -0.490 e. The molecule has 106 valence electrons. The molecular weight excluding hydrogens is 310 g/mol. The zero-order valence-corrected chi connectivity index (χ0v) is 12.9. The summed E-state index contributed by atoms with van der Waals surface area (Å²) in [7, 11) is 0. The summed E-state index contributed by atoms with van der Waals surface area (Å²) >= 11 is 3.23. The number of halogens is 1. The van der Waals surface area contributed by atoms with E-state index in [1.807, 2.05) is 38.1 Å². The van der Waals surface area contributed by atoms with Gasteiger partial charge >= 0.3 is 0 Å². The summed E-state index contributed by atoms with van der Waals surface area (Å²) in [5.41, 5.74) is 0. The Bertz CT molecular complexity index is 398. The molecule has 1 amide bonds. The lowest BCUT2D eigenvalue weighted by atomic mass is 10.3. The lowest BCUT2D eigenvalue weighted by Crippen LogP contribution is -2.33. The van der Waals surface area contributed by atoms with Gasteiger partial charge in [-0.05, 0) is 26.0 Å². The highest BCUT2D eigenvalue weighted by atomic mass is 79.9. The molecule has 1 unspecified atom stereocenters. The van der Waals surface area contributed by atoms with Gasteiger partial charge in [0.05, 0.1) is 13.2 Å². The summed E-state index contributed by atoms with van der Waals surface area (Å²) in [6, 6.07) is 7.53. The van der Waals surface area contributed by atoms with Crippen molar-refractivity contribution >= 4 is 21.8 Å². The van der Waals surface area contributed by atoms with Gasteiger partial charge in [-0.1, -0.05) is 28.1 Å². The normalized spacial score (nSPS) is 11.7. The van der Waals surface area contributed by atoms with Crippen molar-refractivity contribution in [2.45, 2.75) is 26.4 Å². The van der Waals surface area contributed by atoms with E-state index in [2.05, 4.69) is 21.2 Å². The van der Waals surface area contributed by atoms with Crippen molar-refractivity contribution in [3.05, 3.63) is 24.3 Å². The Morgan fingerprint density at radius 2 is 2.05 bits per heavy atom. The van der Waals surface area contributed by atoms with Crippen LogP contribution in [0, 0.1) is 0 Å². The van der Waals surface area contributed by atoms with Gasteiger partial charge in [0, 0.05) is 11.8 Å². The molecule has 0 bridgehead atoms. The van der Waals surface area contributed by atoms with Crippen LogP contribution in [0.3, 0.4) is 0 Å². The molecule has 4 nitrogen and oxygen atoms in total. The average Bonchev–Trinajstić information content (AvgIpc) is 2.39. The smallest absolute Gasteiger partial charge is 0.220 e. The number of rotatable bonds is 8. The monoisotopic (exact) mass is 329 g/mol. The summed E-state index contributed by atoms with van der Waals surface area (Å²) in [5.74, 6) is 1.45. The number of benzene rings is 1. The highest BCUT2D eigenvalue weighted by Crippen LogP contribution is 2.27. The number of amides is 1. The Hall–Kier alpha value is -1.23. The minimum absolute atomic E-state index is 0.0189. The van der Waals surface area contributed by atoms with Crippen molar-refractivity contribution in [2.24, 2.45) is 0 Å². The van der Waals surface area contributed by atoms with E-state index in [-0.39, 0.29) is 12.0 Å². The zero-order chi connectivity index (χ0) is 14.1. The van der Waals surface area contributed by atoms with Gasteiger partial charge in [0.15, 0.2) is 11.5 Å². The maximum Gasteiger partial charge on any atom is 0.220 e. The largest absolute Gasteiger partial charge is 0.490 e. The van der Waals surface area contributed by atoms with Crippen LogP contribution in [0.25, 0.3) is 0 Å². The first-order valence-electron chi connectivity index (χ1n) is 6.38. The standard InChI is InChI=1S/C14H20BrNO3/c1-3-18-12-6-4-5-7-13(12)19-11(2)10-16-14(17)8-9-15/h4-7,11H,3,8-10H2,1-2H3,(H,16,17). The third-order valence-corrected chi connectivity index (χ3v) is 2.78. The molecule has 0 aliphatic heterocycles. The highest BCUT2D eigenvalue weighted by molar-refractivity contribution is 9.09. The van der Waals surface area contributed by atoms with Gasteiger partial charge < -0.3 is 14.8 Å². The number of carbonyl (C=O) groups is 1. The fourth-order valence-electron chi connectivity index (χ4n) is 1.51. The van der Waals surface area contributed by atoms with Crippen molar-refractivity contribution in [1.82, 2.24) is 5.32 Å². The SMILES string of the molecule is CCOc1ccccc1OC(C)CNC(=O)CCBr. The Morgan fingerprint density at radius 3 is 2.68 bits per heavy atom. The molecule has 0 aliphatic rings. The molecule has 1 atom stereocenters. The van der Waals surface area contributed by atoms with Crippen LogP contribution >= 0.6 is 15.9 Å². The van der Waals surface area contributed by atoms with Gasteiger partial charge in [-0.25, -0.2) is 0 Å². The first-order chi connectivity index (χ1) is 9.17. The van der Waals surface area contributed by atoms with E-state index in [1.54, 1.807) is 0 Å². The molecule has 5 heteroatoms. The summed E-state index contributed by atoms with van der Waals surface area (Å²) < 4.78 is 11.3. The predicted octanol–water partition coefficient (Wildman–Crippen LogP) is 2.75. The van der Waals surface area contributed by atoms with Crippen molar-refractivity contribution in [2.75, 3.05) is 18.5 Å². The molecule has 0 aromatic heterocycles. The molecule has 1 N–H and O–H groups in total. The lowest BCUT2D eigenvalue weighted by Gasteiger charge is -2.17. The van der Waals surface area contributed by atoms with E-state index < -0.39 is 0 Å². The van der Waals surface area contributed by atoms with Crippen molar-refractivity contribution in [3.8, 4) is 11.5 Å². The molecule has 19 heavy (non-hydrogen) atoms. The quantitative estimate of drug-likeness (QED) is 0.746. The molecule has 0 heterocycles. The number of para-hydroxylation sites is 2. The topological polar surface area (TPSA) is 47.6 Å². The maximum atomic E-state index is 11.3. The fourth-order valence-corrected chi connectivity index (χ4v) is 1.87. The number of ether oxygens (including phenoxy) is 2. The molecule has 0 saturated carbocycles. The first-order valence-corrected chi connectivity index (χ1v) is 7.50. The molecule has 0 spiro atoms. The lowest BCUT2D eigenvalue weighted by molar-refractivity contribution is -0.121. The Kier molecular flexibility index (Phi) is 7.33. The van der Waals surface area contributed by atoms with Crippen LogP contribution in [-0.2, 0) is 4.79 Å². The van der Waals surface area contributed by atoms with Gasteiger partial charge in [-0.15, -0.1) is 0 Å². The second kappa shape index (κ2) is 8.80. The molecule has 0 radical (unpaired) electrons. The molecular formula is C14H20BrNO3. The van der Waals surface area contributed by atoms with E-state index in [9.17, 15) is 4.79 Å². The Balaban J connectivity index is 2.47. The summed E-state index contributed by atoms with van der Waals surface area (Å²) in [6.45, 7) is 4.92. The van der Waals surface area contributed by atoms with Gasteiger partial charge in [-0.2, -0.15) is 0 Å². The van der Waals surface area contributed by atoms with Gasteiger partial charge in [0.25, 0.3) is 0 Å². The molecule has 1 rings (SSSR count). The molecule has 1 aromatic rings. The number of hydrogen-bond donors (Lipinski definition) is 1. The van der Waals surface area contributed by atoms with Gasteiger partial charge in [0.2, 0.25) is 5.91 Å². The van der Waals surface area contributed by atoms with E-state index in [4.69, 9.17) is 9.47 Å². The van der Waals surface area contributed by atoms with Crippen LogP contribution in [-0.4, -0.2) is 30.5 Å². The van der Waals surface area contributed by atoms with E-state index in [0.717, 1.165) is 5.75 Å². The Morgan fingerprint density at radius 1 is 1.37 bits per heavy atom. The maximum absolute atomic E-state index is 11.3. The second-order valence-corrected chi connectivity index (χ2v) is 4.84. The molecule has 1 aromatic carbocycles. The van der Waals surface area contributed by atoms with E-state index in [0.29, 0.717) is 30.7 Å². The predicted molar refractivity (Wildman–Crippen MR) is 79.1 cm³/mol. The number of nitrogens with one attached hydrogen (secondary N) is 1. The average molecular weight is 330 g/mol. The van der Waals surface area contributed by atoms with E-state index >= 15 is 0 Å². The summed E-state index contributed by atoms with van der Waals surface area (Å²) in [6.07, 6.45) is 0.364.